The number of carbonyl (C=O) groups excluding carboxylic acids is 1. The summed E-state index contributed by atoms with van der Waals surface area (Å²) >= 11 is 0. The molecule has 0 radical (unpaired) electrons. The molecule has 1 aliphatic heterocycles. The van der Waals surface area contributed by atoms with Crippen LogP contribution in [0.15, 0.2) is 91.1 Å². The van der Waals surface area contributed by atoms with Crippen molar-refractivity contribution >= 4 is 22.5 Å². The first-order chi connectivity index (χ1) is 16.7. The number of likely N-dealkylation sites (tertiary alicyclic amines) is 1. The van der Waals surface area contributed by atoms with Crippen molar-refractivity contribution in [2.75, 3.05) is 18.4 Å². The summed E-state index contributed by atoms with van der Waals surface area (Å²) in [6.07, 6.45) is 3.99. The molecule has 5 rings (SSSR count). The Labute approximate surface area is 201 Å². The number of aromatic nitrogens is 1. The van der Waals surface area contributed by atoms with Crippen LogP contribution in [0.2, 0.25) is 0 Å². The zero-order valence-electron chi connectivity index (χ0n) is 19.7. The van der Waals surface area contributed by atoms with E-state index in [2.05, 4.69) is 69.4 Å². The Morgan fingerprint density at radius 2 is 1.65 bits per heavy atom. The minimum absolute atomic E-state index is 0.0286. The lowest BCUT2D eigenvalue weighted by molar-refractivity contribution is 0.118. The van der Waals surface area contributed by atoms with Gasteiger partial charge < -0.3 is 14.8 Å². The molecule has 34 heavy (non-hydrogen) atoms. The molecule has 1 fully saturated rings. The topological polar surface area (TPSA) is 40.5 Å². The second-order valence-electron chi connectivity index (χ2n) is 9.19. The van der Waals surface area contributed by atoms with E-state index >= 15 is 0 Å². The third-order valence-corrected chi connectivity index (χ3v) is 6.92. The van der Waals surface area contributed by atoms with Crippen LogP contribution in [0, 0.1) is 0 Å². The maximum Gasteiger partial charge on any atom is 0.322 e. The minimum atomic E-state index is -0.0286. The first-order valence-corrected chi connectivity index (χ1v) is 12.1. The molecule has 0 spiro atoms. The van der Waals surface area contributed by atoms with Crippen molar-refractivity contribution in [3.8, 4) is 0 Å². The summed E-state index contributed by atoms with van der Waals surface area (Å²) in [5.41, 5.74) is 3.34. The van der Waals surface area contributed by atoms with Crippen molar-refractivity contribution in [2.24, 2.45) is 7.05 Å². The molecule has 1 saturated heterocycles. The van der Waals surface area contributed by atoms with Gasteiger partial charge in [0.1, 0.15) is 0 Å². The predicted molar refractivity (Wildman–Crippen MR) is 139 cm³/mol. The molecule has 0 bridgehead atoms. The lowest BCUT2D eigenvalue weighted by Gasteiger charge is -2.38. The number of anilines is 1. The SMILES string of the molecule is Cn1cccc1CN(C(=O)Nc1cccc2ccccc12)C1CCN(Cc2ccccc2)CC1. The second-order valence-corrected chi connectivity index (χ2v) is 9.19. The Balaban J connectivity index is 1.32. The van der Waals surface area contributed by atoms with Crippen molar-refractivity contribution < 1.29 is 4.79 Å². The summed E-state index contributed by atoms with van der Waals surface area (Å²) in [6, 6.07) is 29.2. The smallest absolute Gasteiger partial charge is 0.322 e. The maximum absolute atomic E-state index is 13.7. The van der Waals surface area contributed by atoms with Gasteiger partial charge in [-0.3, -0.25) is 4.90 Å². The lowest BCUT2D eigenvalue weighted by Crippen LogP contribution is -2.48. The second kappa shape index (κ2) is 10.1. The zero-order valence-corrected chi connectivity index (χ0v) is 19.7. The highest BCUT2D eigenvalue weighted by atomic mass is 16.2. The molecule has 0 saturated carbocycles. The third kappa shape index (κ3) is 5.00. The van der Waals surface area contributed by atoms with Gasteiger partial charge in [-0.1, -0.05) is 66.7 Å². The Morgan fingerprint density at radius 1 is 0.912 bits per heavy atom. The van der Waals surface area contributed by atoms with E-state index in [1.807, 2.05) is 48.5 Å². The number of aryl methyl sites for hydroxylation is 1. The Kier molecular flexibility index (Phi) is 6.63. The molecular weight excluding hydrogens is 420 g/mol. The van der Waals surface area contributed by atoms with E-state index in [4.69, 9.17) is 0 Å². The van der Waals surface area contributed by atoms with E-state index in [0.29, 0.717) is 6.54 Å². The average Bonchev–Trinajstić information content (AvgIpc) is 3.28. The lowest BCUT2D eigenvalue weighted by atomic mass is 10.0. The highest BCUT2D eigenvalue weighted by molar-refractivity contribution is 6.01. The Hall–Kier alpha value is -3.57. The summed E-state index contributed by atoms with van der Waals surface area (Å²) < 4.78 is 2.10. The van der Waals surface area contributed by atoms with Crippen LogP contribution in [0.3, 0.4) is 0 Å². The number of nitrogens with one attached hydrogen (secondary N) is 1. The number of amides is 2. The molecule has 4 aromatic rings. The van der Waals surface area contributed by atoms with Crippen molar-refractivity contribution in [1.82, 2.24) is 14.4 Å². The van der Waals surface area contributed by atoms with Crippen LogP contribution in [-0.4, -0.2) is 39.5 Å². The summed E-state index contributed by atoms with van der Waals surface area (Å²) in [7, 11) is 2.04. The fraction of sp³-hybridized carbons (Fsp3) is 0.276. The zero-order chi connectivity index (χ0) is 23.3. The molecular formula is C29H32N4O. The highest BCUT2D eigenvalue weighted by Gasteiger charge is 2.29. The largest absolute Gasteiger partial charge is 0.353 e. The van der Waals surface area contributed by atoms with Gasteiger partial charge in [-0.2, -0.15) is 0 Å². The normalized spacial score (nSPS) is 14.9. The molecule has 5 heteroatoms. The number of hydrogen-bond donors (Lipinski definition) is 1. The fourth-order valence-corrected chi connectivity index (χ4v) is 4.95. The first kappa shape index (κ1) is 22.2. The number of hydrogen-bond acceptors (Lipinski definition) is 2. The van der Waals surface area contributed by atoms with Gasteiger partial charge in [0.05, 0.1) is 12.2 Å². The molecule has 2 heterocycles. The van der Waals surface area contributed by atoms with E-state index in [-0.39, 0.29) is 12.1 Å². The molecule has 1 aromatic heterocycles. The number of piperidine rings is 1. The quantitative estimate of drug-likeness (QED) is 0.397. The van der Waals surface area contributed by atoms with Gasteiger partial charge in [-0.15, -0.1) is 0 Å². The van der Waals surface area contributed by atoms with Crippen molar-refractivity contribution in [3.05, 3.63) is 102 Å². The maximum atomic E-state index is 13.7. The highest BCUT2D eigenvalue weighted by Crippen LogP contribution is 2.26. The van der Waals surface area contributed by atoms with E-state index in [0.717, 1.165) is 54.6 Å². The van der Waals surface area contributed by atoms with Gasteiger partial charge in [-0.05, 0) is 42.0 Å². The van der Waals surface area contributed by atoms with Gasteiger partial charge in [0.25, 0.3) is 0 Å². The molecule has 1 aliphatic rings. The number of benzene rings is 3. The van der Waals surface area contributed by atoms with E-state index in [1.165, 1.54) is 5.56 Å². The molecule has 3 aromatic carbocycles. The summed E-state index contributed by atoms with van der Waals surface area (Å²) in [4.78, 5) is 18.2. The van der Waals surface area contributed by atoms with Gasteiger partial charge in [0.15, 0.2) is 0 Å². The summed E-state index contributed by atoms with van der Waals surface area (Å²) in [5, 5.41) is 5.42. The van der Waals surface area contributed by atoms with Gasteiger partial charge in [-0.25, -0.2) is 4.79 Å². The number of rotatable bonds is 6. The van der Waals surface area contributed by atoms with Gasteiger partial charge >= 0.3 is 6.03 Å². The number of fused-ring (bicyclic) bond motifs is 1. The van der Waals surface area contributed by atoms with Crippen LogP contribution >= 0.6 is 0 Å². The van der Waals surface area contributed by atoms with E-state index in [9.17, 15) is 4.79 Å². The number of nitrogens with zero attached hydrogens (tertiary/aromatic N) is 3. The molecule has 0 unspecified atom stereocenters. The molecule has 0 atom stereocenters. The van der Waals surface area contributed by atoms with Crippen LogP contribution in [0.4, 0.5) is 10.5 Å². The molecule has 2 amide bonds. The van der Waals surface area contributed by atoms with E-state index < -0.39 is 0 Å². The Bertz CT molecular complexity index is 1240. The third-order valence-electron chi connectivity index (χ3n) is 6.92. The molecule has 0 aliphatic carbocycles. The van der Waals surface area contributed by atoms with Crippen LogP contribution in [0.1, 0.15) is 24.1 Å². The first-order valence-electron chi connectivity index (χ1n) is 12.1. The summed E-state index contributed by atoms with van der Waals surface area (Å²) in [5.74, 6) is 0. The number of urea groups is 1. The Morgan fingerprint density at radius 3 is 2.41 bits per heavy atom. The molecule has 5 nitrogen and oxygen atoms in total. The average molecular weight is 453 g/mol. The van der Waals surface area contributed by atoms with Crippen molar-refractivity contribution in [1.29, 1.82) is 0 Å². The van der Waals surface area contributed by atoms with Crippen molar-refractivity contribution in [2.45, 2.75) is 32.0 Å². The van der Waals surface area contributed by atoms with Crippen LogP contribution in [-0.2, 0) is 20.1 Å². The van der Waals surface area contributed by atoms with Crippen molar-refractivity contribution in [3.63, 3.8) is 0 Å². The predicted octanol–water partition coefficient (Wildman–Crippen LogP) is 5.88. The van der Waals surface area contributed by atoms with Gasteiger partial charge in [0.2, 0.25) is 0 Å². The standard InChI is InChI=1S/C29H32N4O/c1-31-18-8-13-26(31)22-33(25-16-19-32(20-17-25)21-23-9-3-2-4-10-23)29(34)30-28-15-7-12-24-11-5-6-14-27(24)28/h2-15,18,25H,16-17,19-22H2,1H3,(H,30,34). The minimum Gasteiger partial charge on any atom is -0.353 e. The number of carbonyl (C=O) groups is 1. The fourth-order valence-electron chi connectivity index (χ4n) is 4.95. The van der Waals surface area contributed by atoms with E-state index in [1.54, 1.807) is 0 Å². The van der Waals surface area contributed by atoms with Crippen LogP contribution in [0.25, 0.3) is 10.8 Å². The molecule has 1 N–H and O–H groups in total. The monoisotopic (exact) mass is 452 g/mol. The van der Waals surface area contributed by atoms with Crippen LogP contribution in [0.5, 0.6) is 0 Å². The summed E-state index contributed by atoms with van der Waals surface area (Å²) in [6.45, 7) is 3.55. The molecule has 174 valence electrons. The van der Waals surface area contributed by atoms with Gasteiger partial charge in [0, 0.05) is 50.0 Å². The van der Waals surface area contributed by atoms with Crippen LogP contribution < -0.4 is 5.32 Å².